The van der Waals surface area contributed by atoms with E-state index < -0.39 is 5.97 Å². The van der Waals surface area contributed by atoms with Crippen LogP contribution in [0.3, 0.4) is 0 Å². The highest BCUT2D eigenvalue weighted by Gasteiger charge is 2.27. The van der Waals surface area contributed by atoms with Crippen molar-refractivity contribution in [2.75, 3.05) is 5.32 Å². The summed E-state index contributed by atoms with van der Waals surface area (Å²) in [5.74, 6) is 1.45. The van der Waals surface area contributed by atoms with Crippen molar-refractivity contribution in [3.05, 3.63) is 17.6 Å². The van der Waals surface area contributed by atoms with Crippen LogP contribution in [0.4, 0.5) is 5.82 Å². The van der Waals surface area contributed by atoms with Crippen molar-refractivity contribution in [2.24, 2.45) is 0 Å². The molecule has 104 valence electrons. The molecule has 1 heterocycles. The van der Waals surface area contributed by atoms with E-state index in [1.54, 1.807) is 0 Å². The first-order valence-corrected chi connectivity index (χ1v) is 6.71. The summed E-state index contributed by atoms with van der Waals surface area (Å²) in [5.41, 5.74) is 0.661. The lowest BCUT2D eigenvalue weighted by atomic mass is 9.98. The monoisotopic (exact) mass is 263 g/mol. The highest BCUT2D eigenvalue weighted by atomic mass is 16.4. The summed E-state index contributed by atoms with van der Waals surface area (Å²) in [6.45, 7) is 5.94. The van der Waals surface area contributed by atoms with Crippen molar-refractivity contribution < 1.29 is 9.90 Å². The lowest BCUT2D eigenvalue weighted by Gasteiger charge is -2.26. The molecule has 0 radical (unpaired) electrons. The lowest BCUT2D eigenvalue weighted by Crippen LogP contribution is -2.32. The molecule has 0 amide bonds. The Hall–Kier alpha value is -1.65. The molecule has 5 nitrogen and oxygen atoms in total. The van der Waals surface area contributed by atoms with Crippen molar-refractivity contribution >= 4 is 11.8 Å². The van der Waals surface area contributed by atoms with E-state index in [0.717, 1.165) is 17.3 Å². The molecule has 1 fully saturated rings. The van der Waals surface area contributed by atoms with Crippen LogP contribution < -0.4 is 5.32 Å². The number of aryl methyl sites for hydroxylation is 1. The topological polar surface area (TPSA) is 75.1 Å². The summed E-state index contributed by atoms with van der Waals surface area (Å²) in [6.07, 6.45) is 3.06. The van der Waals surface area contributed by atoms with Gasteiger partial charge in [0.25, 0.3) is 0 Å². The average Bonchev–Trinajstić information content (AvgIpc) is 3.08. The average molecular weight is 263 g/mol. The van der Waals surface area contributed by atoms with Gasteiger partial charge in [-0.3, -0.25) is 4.79 Å². The van der Waals surface area contributed by atoms with Crippen LogP contribution in [0.2, 0.25) is 0 Å². The molecule has 1 aliphatic rings. The molecule has 0 aromatic carbocycles. The zero-order valence-corrected chi connectivity index (χ0v) is 11.7. The van der Waals surface area contributed by atoms with E-state index in [1.807, 2.05) is 26.8 Å². The van der Waals surface area contributed by atoms with E-state index in [1.165, 1.54) is 12.8 Å². The third kappa shape index (κ3) is 4.19. The summed E-state index contributed by atoms with van der Waals surface area (Å²) < 4.78 is 0. The molecule has 0 unspecified atom stereocenters. The van der Waals surface area contributed by atoms with Gasteiger partial charge in [0.2, 0.25) is 0 Å². The van der Waals surface area contributed by atoms with Gasteiger partial charge in [0.15, 0.2) is 0 Å². The Labute approximate surface area is 113 Å². The maximum Gasteiger partial charge on any atom is 0.303 e. The van der Waals surface area contributed by atoms with Gasteiger partial charge in [0.05, 0.1) is 0 Å². The summed E-state index contributed by atoms with van der Waals surface area (Å²) in [6, 6.07) is 1.91. The van der Waals surface area contributed by atoms with Gasteiger partial charge in [0.1, 0.15) is 11.6 Å². The Bertz CT molecular complexity index is 482. The molecule has 1 aromatic heterocycles. The van der Waals surface area contributed by atoms with Gasteiger partial charge < -0.3 is 10.4 Å². The number of nitrogens with one attached hydrogen (secondary N) is 1. The molecule has 0 atom stereocenters. The Morgan fingerprint density at radius 3 is 2.74 bits per heavy atom. The Balaban J connectivity index is 2.06. The van der Waals surface area contributed by atoms with E-state index in [4.69, 9.17) is 5.11 Å². The molecule has 1 saturated carbocycles. The number of carbonyl (C=O) groups is 1. The summed E-state index contributed by atoms with van der Waals surface area (Å²) in [7, 11) is 0. The fourth-order valence-electron chi connectivity index (χ4n) is 2.01. The number of carboxylic acid groups (broad SMARTS) is 1. The van der Waals surface area contributed by atoms with Gasteiger partial charge >= 0.3 is 5.97 Å². The number of hydrogen-bond donors (Lipinski definition) is 2. The van der Waals surface area contributed by atoms with Gasteiger partial charge in [-0.05, 0) is 40.0 Å². The van der Waals surface area contributed by atoms with Crippen LogP contribution >= 0.6 is 0 Å². The van der Waals surface area contributed by atoms with Gasteiger partial charge in [0, 0.05) is 29.6 Å². The number of carboxylic acids is 1. The van der Waals surface area contributed by atoms with Gasteiger partial charge in [-0.2, -0.15) is 0 Å². The predicted molar refractivity (Wildman–Crippen MR) is 73.3 cm³/mol. The van der Waals surface area contributed by atoms with Crippen LogP contribution in [0.5, 0.6) is 0 Å². The first-order chi connectivity index (χ1) is 8.85. The molecule has 0 saturated heterocycles. The Morgan fingerprint density at radius 2 is 2.16 bits per heavy atom. The van der Waals surface area contributed by atoms with Crippen LogP contribution in [0, 0.1) is 6.92 Å². The Kier molecular flexibility index (Phi) is 3.73. The highest BCUT2D eigenvalue weighted by Crippen LogP contribution is 2.38. The molecule has 0 aliphatic heterocycles. The van der Waals surface area contributed by atoms with E-state index in [0.29, 0.717) is 12.3 Å². The molecule has 0 bridgehead atoms. The van der Waals surface area contributed by atoms with Crippen LogP contribution in [0.15, 0.2) is 6.07 Å². The third-order valence-corrected chi connectivity index (χ3v) is 3.24. The third-order valence-electron chi connectivity index (χ3n) is 3.24. The van der Waals surface area contributed by atoms with Crippen LogP contribution in [0.25, 0.3) is 0 Å². The van der Waals surface area contributed by atoms with Crippen molar-refractivity contribution in [1.29, 1.82) is 0 Å². The Morgan fingerprint density at radius 1 is 1.47 bits per heavy atom. The molecular weight excluding hydrogens is 242 g/mol. The summed E-state index contributed by atoms with van der Waals surface area (Å²) >= 11 is 0. The number of hydrogen-bond acceptors (Lipinski definition) is 4. The molecular formula is C14H21N3O2. The van der Waals surface area contributed by atoms with Crippen LogP contribution in [-0.4, -0.2) is 26.6 Å². The first-order valence-electron chi connectivity index (χ1n) is 6.71. The van der Waals surface area contributed by atoms with Gasteiger partial charge in [-0.25, -0.2) is 9.97 Å². The molecule has 0 spiro atoms. The minimum atomic E-state index is -0.771. The van der Waals surface area contributed by atoms with Gasteiger partial charge in [-0.1, -0.05) is 0 Å². The van der Waals surface area contributed by atoms with Crippen molar-refractivity contribution in [3.8, 4) is 0 Å². The second kappa shape index (κ2) is 5.15. The molecule has 2 N–H and O–H groups in total. The number of nitrogens with zero attached hydrogens (tertiary/aromatic N) is 2. The zero-order valence-electron chi connectivity index (χ0n) is 11.7. The zero-order chi connectivity index (χ0) is 14.0. The summed E-state index contributed by atoms with van der Waals surface area (Å²) in [4.78, 5) is 19.6. The van der Waals surface area contributed by atoms with Crippen molar-refractivity contribution in [3.63, 3.8) is 0 Å². The minimum absolute atomic E-state index is 0.152. The number of anilines is 1. The van der Waals surface area contributed by atoms with Crippen LogP contribution in [0.1, 0.15) is 57.0 Å². The molecule has 19 heavy (non-hydrogen) atoms. The second-order valence-electron chi connectivity index (χ2n) is 5.93. The SMILES string of the molecule is Cc1cc(NC(C)(C)CCC(=O)O)nc(C2CC2)n1. The summed E-state index contributed by atoms with van der Waals surface area (Å²) in [5, 5.41) is 12.1. The fraction of sp³-hybridized carbons (Fsp3) is 0.643. The second-order valence-corrected chi connectivity index (χ2v) is 5.93. The molecule has 1 aromatic rings. The van der Waals surface area contributed by atoms with Crippen molar-refractivity contribution in [2.45, 2.75) is 57.9 Å². The largest absolute Gasteiger partial charge is 0.481 e. The molecule has 2 rings (SSSR count). The minimum Gasteiger partial charge on any atom is -0.481 e. The van der Waals surface area contributed by atoms with E-state index in [9.17, 15) is 4.79 Å². The quantitative estimate of drug-likeness (QED) is 0.825. The molecule has 1 aliphatic carbocycles. The van der Waals surface area contributed by atoms with Gasteiger partial charge in [-0.15, -0.1) is 0 Å². The predicted octanol–water partition coefficient (Wildman–Crippen LogP) is 2.72. The number of rotatable bonds is 6. The number of aliphatic carboxylic acids is 1. The van der Waals surface area contributed by atoms with E-state index in [2.05, 4.69) is 15.3 Å². The molecule has 5 heteroatoms. The fourth-order valence-corrected chi connectivity index (χ4v) is 2.01. The van der Waals surface area contributed by atoms with Crippen LogP contribution in [-0.2, 0) is 4.79 Å². The highest BCUT2D eigenvalue weighted by molar-refractivity contribution is 5.66. The standard InChI is InChI=1S/C14H21N3O2/c1-9-8-11(16-13(15-9)10-4-5-10)17-14(2,3)7-6-12(18)19/h8,10H,4-7H2,1-3H3,(H,18,19)(H,15,16,17). The normalized spacial score (nSPS) is 15.3. The first kappa shape index (κ1) is 13.8. The van der Waals surface area contributed by atoms with E-state index >= 15 is 0 Å². The lowest BCUT2D eigenvalue weighted by molar-refractivity contribution is -0.137. The number of aromatic nitrogens is 2. The maximum absolute atomic E-state index is 10.7. The smallest absolute Gasteiger partial charge is 0.303 e. The van der Waals surface area contributed by atoms with E-state index in [-0.39, 0.29) is 12.0 Å². The maximum atomic E-state index is 10.7. The van der Waals surface area contributed by atoms with Crippen molar-refractivity contribution in [1.82, 2.24) is 9.97 Å².